The van der Waals surface area contributed by atoms with Crippen molar-refractivity contribution in [2.75, 3.05) is 27.4 Å². The van der Waals surface area contributed by atoms with Crippen molar-refractivity contribution in [3.05, 3.63) is 0 Å². The van der Waals surface area contributed by atoms with Crippen molar-refractivity contribution in [2.45, 2.75) is 19.0 Å². The van der Waals surface area contributed by atoms with Crippen molar-refractivity contribution in [2.24, 2.45) is 0 Å². The van der Waals surface area contributed by atoms with E-state index in [1.165, 1.54) is 0 Å². The summed E-state index contributed by atoms with van der Waals surface area (Å²) >= 11 is 0. The predicted molar refractivity (Wildman–Crippen MR) is 55.2 cm³/mol. The van der Waals surface area contributed by atoms with E-state index in [1.807, 2.05) is 6.55 Å². The average Bonchev–Trinajstić information content (AvgIpc) is 2.23. The summed E-state index contributed by atoms with van der Waals surface area (Å²) < 4.78 is 10.5. The van der Waals surface area contributed by atoms with E-state index >= 15 is 0 Å². The number of carbonyl (C=O) groups is 1. The number of aliphatic hydroxyl groups excluding tert-OH is 1. The Balaban J connectivity index is 3.57. The summed E-state index contributed by atoms with van der Waals surface area (Å²) in [6, 6.07) is 0.825. The quantitative estimate of drug-likeness (QED) is 0.463. The van der Waals surface area contributed by atoms with Crippen molar-refractivity contribution < 1.29 is 18.8 Å². The van der Waals surface area contributed by atoms with Crippen LogP contribution in [0.4, 0.5) is 0 Å². The molecule has 0 saturated carbocycles. The molecule has 2 N–H and O–H groups in total. The molecule has 14 heavy (non-hydrogen) atoms. The molecule has 0 saturated heterocycles. The minimum Gasteiger partial charge on any atom is -0.398 e. The number of hydrogen-bond donors (Lipinski definition) is 2. The molecule has 0 aromatic heterocycles. The van der Waals surface area contributed by atoms with Crippen molar-refractivity contribution in [3.63, 3.8) is 0 Å². The van der Waals surface area contributed by atoms with Gasteiger partial charge in [-0.2, -0.15) is 0 Å². The molecule has 0 aromatic rings. The van der Waals surface area contributed by atoms with Crippen LogP contribution in [-0.2, 0) is 13.6 Å². The average molecular weight is 221 g/mol. The first kappa shape index (κ1) is 13.6. The number of rotatable bonds is 7. The van der Waals surface area contributed by atoms with Crippen molar-refractivity contribution in [1.29, 1.82) is 0 Å². The molecule has 0 unspecified atom stereocenters. The molecule has 1 amide bonds. The zero-order valence-electron chi connectivity index (χ0n) is 9.00. The van der Waals surface area contributed by atoms with Crippen LogP contribution in [0, 0.1) is 0 Å². The van der Waals surface area contributed by atoms with Crippen molar-refractivity contribution >= 4 is 14.5 Å². The second-order valence-electron chi connectivity index (χ2n) is 3.15. The Morgan fingerprint density at radius 1 is 1.43 bits per heavy atom. The zero-order chi connectivity index (χ0) is 11.0. The fraction of sp³-hybridized carbons (Fsp3) is 0.875. The maximum atomic E-state index is 10.7. The Labute approximate surface area is 85.7 Å². The summed E-state index contributed by atoms with van der Waals surface area (Å²) in [5, 5.41) is 11.0. The van der Waals surface area contributed by atoms with Crippen LogP contribution < -0.4 is 5.32 Å². The minimum absolute atomic E-state index is 0.344. The molecule has 0 aliphatic heterocycles. The zero-order valence-corrected chi connectivity index (χ0v) is 10.0. The van der Waals surface area contributed by atoms with Gasteiger partial charge in [-0.1, -0.05) is 0 Å². The normalized spacial score (nSPS) is 11.4. The molecule has 0 atom stereocenters. The molecule has 0 rings (SSSR count). The monoisotopic (exact) mass is 221 g/mol. The molecule has 6 heteroatoms. The lowest BCUT2D eigenvalue weighted by Gasteiger charge is -2.22. The first-order chi connectivity index (χ1) is 6.58. The van der Waals surface area contributed by atoms with Gasteiger partial charge >= 0.3 is 8.56 Å². The van der Waals surface area contributed by atoms with E-state index in [1.54, 1.807) is 14.2 Å². The predicted octanol–water partition coefficient (Wildman–Crippen LogP) is -0.150. The Kier molecular flexibility index (Phi) is 6.72. The molecule has 0 fully saturated rings. The number of amides is 1. The third kappa shape index (κ3) is 5.33. The molecule has 0 heterocycles. The maximum absolute atomic E-state index is 10.7. The second kappa shape index (κ2) is 6.94. The van der Waals surface area contributed by atoms with Gasteiger partial charge in [0.1, 0.15) is 6.61 Å². The van der Waals surface area contributed by atoms with Gasteiger partial charge in [0, 0.05) is 20.8 Å². The lowest BCUT2D eigenvalue weighted by atomic mass is 10.4. The first-order valence-electron chi connectivity index (χ1n) is 4.56. The highest BCUT2D eigenvalue weighted by Gasteiger charge is 2.27. The van der Waals surface area contributed by atoms with E-state index in [-0.39, 0.29) is 5.91 Å². The topological polar surface area (TPSA) is 67.8 Å². The lowest BCUT2D eigenvalue weighted by molar-refractivity contribution is -0.123. The van der Waals surface area contributed by atoms with E-state index in [0.29, 0.717) is 6.54 Å². The molecule has 0 aromatic carbocycles. The molecular formula is C8H19NO4Si. The van der Waals surface area contributed by atoms with Crippen LogP contribution in [0.3, 0.4) is 0 Å². The SMILES string of the molecule is CO[Si](C)(CCCNC(=O)CO)OC. The fourth-order valence-corrected chi connectivity index (χ4v) is 2.37. The highest BCUT2D eigenvalue weighted by Crippen LogP contribution is 2.12. The van der Waals surface area contributed by atoms with E-state index in [9.17, 15) is 4.79 Å². The molecule has 0 bridgehead atoms. The standard InChI is InChI=1S/C8H19NO4Si/c1-12-14(3,13-2)6-4-5-9-8(11)7-10/h10H,4-7H2,1-3H3,(H,9,11). The molecule has 0 radical (unpaired) electrons. The highest BCUT2D eigenvalue weighted by atomic mass is 28.4. The van der Waals surface area contributed by atoms with Crippen LogP contribution in [0.1, 0.15) is 6.42 Å². The Bertz CT molecular complexity index is 173. The summed E-state index contributed by atoms with van der Waals surface area (Å²) in [6.07, 6.45) is 0.802. The summed E-state index contributed by atoms with van der Waals surface area (Å²) in [7, 11) is 1.29. The number of aliphatic hydroxyl groups is 1. The second-order valence-corrected chi connectivity index (χ2v) is 6.74. The third-order valence-electron chi connectivity index (χ3n) is 2.14. The third-order valence-corrected chi connectivity index (χ3v) is 5.13. The summed E-state index contributed by atoms with van der Waals surface area (Å²) in [4.78, 5) is 10.7. The van der Waals surface area contributed by atoms with Crippen LogP contribution >= 0.6 is 0 Å². The number of nitrogens with one attached hydrogen (secondary N) is 1. The smallest absolute Gasteiger partial charge is 0.334 e. The van der Waals surface area contributed by atoms with Gasteiger partial charge in [0.05, 0.1) is 0 Å². The van der Waals surface area contributed by atoms with Crippen LogP contribution in [0.15, 0.2) is 0 Å². The van der Waals surface area contributed by atoms with E-state index in [4.69, 9.17) is 14.0 Å². The van der Waals surface area contributed by atoms with Gasteiger partial charge < -0.3 is 19.3 Å². The molecular weight excluding hydrogens is 202 g/mol. The molecule has 0 aliphatic rings. The van der Waals surface area contributed by atoms with Crippen LogP contribution in [0.5, 0.6) is 0 Å². The van der Waals surface area contributed by atoms with Crippen LogP contribution in [-0.4, -0.2) is 46.9 Å². The van der Waals surface area contributed by atoms with Crippen molar-refractivity contribution in [1.82, 2.24) is 5.32 Å². The van der Waals surface area contributed by atoms with Crippen LogP contribution in [0.25, 0.3) is 0 Å². The number of carbonyl (C=O) groups excluding carboxylic acids is 1. The van der Waals surface area contributed by atoms with Gasteiger partial charge in [-0.3, -0.25) is 4.79 Å². The molecule has 5 nitrogen and oxygen atoms in total. The largest absolute Gasteiger partial charge is 0.398 e. The van der Waals surface area contributed by atoms with E-state index in [2.05, 4.69) is 5.32 Å². The van der Waals surface area contributed by atoms with Gasteiger partial charge in [-0.05, 0) is 19.0 Å². The summed E-state index contributed by atoms with van der Waals surface area (Å²) in [5.74, 6) is -0.344. The Morgan fingerprint density at radius 3 is 2.43 bits per heavy atom. The Hall–Kier alpha value is -0.433. The highest BCUT2D eigenvalue weighted by molar-refractivity contribution is 6.65. The van der Waals surface area contributed by atoms with Gasteiger partial charge in [0.25, 0.3) is 0 Å². The first-order valence-corrected chi connectivity index (χ1v) is 7.08. The van der Waals surface area contributed by atoms with Crippen molar-refractivity contribution in [3.8, 4) is 0 Å². The summed E-state index contributed by atoms with van der Waals surface area (Å²) in [6.45, 7) is 2.07. The van der Waals surface area contributed by atoms with E-state index < -0.39 is 15.2 Å². The lowest BCUT2D eigenvalue weighted by Crippen LogP contribution is -2.37. The van der Waals surface area contributed by atoms with Gasteiger partial charge in [-0.25, -0.2) is 0 Å². The maximum Gasteiger partial charge on any atom is 0.334 e. The Morgan fingerprint density at radius 2 is 2.00 bits per heavy atom. The van der Waals surface area contributed by atoms with Gasteiger partial charge in [-0.15, -0.1) is 0 Å². The fourth-order valence-electron chi connectivity index (χ4n) is 0.981. The van der Waals surface area contributed by atoms with Crippen LogP contribution in [0.2, 0.25) is 12.6 Å². The number of hydrogen-bond acceptors (Lipinski definition) is 4. The molecule has 84 valence electrons. The summed E-state index contributed by atoms with van der Waals surface area (Å²) in [5.41, 5.74) is 0. The van der Waals surface area contributed by atoms with Gasteiger partial charge in [0.2, 0.25) is 5.91 Å². The van der Waals surface area contributed by atoms with Gasteiger partial charge in [0.15, 0.2) is 0 Å². The minimum atomic E-state index is -1.99. The molecule has 0 aliphatic carbocycles. The van der Waals surface area contributed by atoms with E-state index in [0.717, 1.165) is 12.5 Å². The molecule has 0 spiro atoms.